The zero-order valence-corrected chi connectivity index (χ0v) is 16.0. The Morgan fingerprint density at radius 2 is 1.96 bits per heavy atom. The maximum absolute atomic E-state index is 12.8. The van der Waals surface area contributed by atoms with Crippen molar-refractivity contribution in [2.24, 2.45) is 0 Å². The topological polar surface area (TPSA) is 104 Å². The van der Waals surface area contributed by atoms with Gasteiger partial charge in [-0.05, 0) is 25.8 Å². The lowest BCUT2D eigenvalue weighted by Gasteiger charge is -2.28. The minimum Gasteiger partial charge on any atom is -0.465 e. The molecule has 8 nitrogen and oxygen atoms in total. The minimum atomic E-state index is -1.44. The molecule has 0 fully saturated rings. The van der Waals surface area contributed by atoms with Gasteiger partial charge in [0.2, 0.25) is 0 Å². The SMILES string of the molecule is CCCn1ncc(C(C)(C(=O)OCC)c2ccc([N+](=O)[O-])cc2)c(Cl)c1=O. The fourth-order valence-electron chi connectivity index (χ4n) is 2.76. The summed E-state index contributed by atoms with van der Waals surface area (Å²) in [7, 11) is 0. The predicted molar refractivity (Wildman–Crippen MR) is 100.0 cm³/mol. The molecular weight excluding hydrogens is 374 g/mol. The maximum Gasteiger partial charge on any atom is 0.320 e. The van der Waals surface area contributed by atoms with Gasteiger partial charge in [0, 0.05) is 24.2 Å². The summed E-state index contributed by atoms with van der Waals surface area (Å²) in [4.78, 5) is 35.7. The van der Waals surface area contributed by atoms with E-state index < -0.39 is 21.9 Å². The Hall–Kier alpha value is -2.74. The van der Waals surface area contributed by atoms with Crippen LogP contribution in [0, 0.1) is 10.1 Å². The van der Waals surface area contributed by atoms with Crippen LogP contribution in [0.1, 0.15) is 38.3 Å². The van der Waals surface area contributed by atoms with Gasteiger partial charge in [-0.25, -0.2) is 4.68 Å². The Morgan fingerprint density at radius 1 is 1.33 bits per heavy atom. The van der Waals surface area contributed by atoms with Crippen LogP contribution >= 0.6 is 11.6 Å². The van der Waals surface area contributed by atoms with Crippen LogP contribution in [0.25, 0.3) is 0 Å². The molecule has 1 heterocycles. The molecule has 2 aromatic rings. The second kappa shape index (κ2) is 8.30. The fourth-order valence-corrected chi connectivity index (χ4v) is 3.10. The molecule has 0 aliphatic carbocycles. The Kier molecular flexibility index (Phi) is 6.32. The van der Waals surface area contributed by atoms with Gasteiger partial charge in [0.1, 0.15) is 10.4 Å². The molecule has 1 aromatic heterocycles. The zero-order valence-electron chi connectivity index (χ0n) is 15.3. The third kappa shape index (κ3) is 3.85. The quantitative estimate of drug-likeness (QED) is 0.406. The summed E-state index contributed by atoms with van der Waals surface area (Å²) in [5.74, 6) is -0.629. The number of carbonyl (C=O) groups is 1. The van der Waals surface area contributed by atoms with E-state index in [0.717, 1.165) is 0 Å². The minimum absolute atomic E-state index is 0.118. The summed E-state index contributed by atoms with van der Waals surface area (Å²) in [5, 5.41) is 14.9. The number of carbonyl (C=O) groups excluding carboxylic acids is 1. The second-order valence-electron chi connectivity index (χ2n) is 6.05. The fraction of sp³-hybridized carbons (Fsp3) is 0.389. The van der Waals surface area contributed by atoms with Gasteiger partial charge < -0.3 is 4.74 Å². The number of nitro benzene ring substituents is 1. The number of non-ortho nitro benzene ring substituents is 1. The van der Waals surface area contributed by atoms with Gasteiger partial charge in [-0.1, -0.05) is 30.7 Å². The average Bonchev–Trinajstić information content (AvgIpc) is 2.65. The Balaban J connectivity index is 2.68. The highest BCUT2D eigenvalue weighted by Crippen LogP contribution is 2.36. The second-order valence-corrected chi connectivity index (χ2v) is 6.43. The van der Waals surface area contributed by atoms with Crippen molar-refractivity contribution < 1.29 is 14.5 Å². The molecule has 0 bridgehead atoms. The molecule has 1 atom stereocenters. The Labute approximate surface area is 160 Å². The van der Waals surface area contributed by atoms with E-state index in [9.17, 15) is 19.7 Å². The number of esters is 1. The summed E-state index contributed by atoms with van der Waals surface area (Å²) in [6.07, 6.45) is 2.07. The van der Waals surface area contributed by atoms with Crippen LogP contribution in [0.2, 0.25) is 5.02 Å². The lowest BCUT2D eigenvalue weighted by atomic mass is 9.77. The molecule has 0 saturated heterocycles. The molecule has 9 heteroatoms. The van der Waals surface area contributed by atoms with Gasteiger partial charge >= 0.3 is 5.97 Å². The first-order chi connectivity index (χ1) is 12.8. The average molecular weight is 394 g/mol. The van der Waals surface area contributed by atoms with Crippen LogP contribution in [0.4, 0.5) is 5.69 Å². The number of halogens is 1. The number of ether oxygens (including phenoxy) is 1. The first-order valence-electron chi connectivity index (χ1n) is 8.45. The molecule has 0 spiro atoms. The first-order valence-corrected chi connectivity index (χ1v) is 8.83. The maximum atomic E-state index is 12.8. The molecule has 1 aromatic carbocycles. The van der Waals surface area contributed by atoms with E-state index >= 15 is 0 Å². The van der Waals surface area contributed by atoms with Crippen molar-refractivity contribution in [3.8, 4) is 0 Å². The summed E-state index contributed by atoms with van der Waals surface area (Å²) in [5.41, 5.74) is -1.47. The van der Waals surface area contributed by atoms with Crippen molar-refractivity contribution in [1.29, 1.82) is 0 Å². The smallest absolute Gasteiger partial charge is 0.320 e. The van der Waals surface area contributed by atoms with Gasteiger partial charge in [-0.15, -0.1) is 0 Å². The van der Waals surface area contributed by atoms with Gasteiger partial charge in [0.05, 0.1) is 17.7 Å². The van der Waals surface area contributed by atoms with Crippen LogP contribution in [0.5, 0.6) is 0 Å². The highest BCUT2D eigenvalue weighted by atomic mass is 35.5. The normalized spacial score (nSPS) is 13.0. The van der Waals surface area contributed by atoms with E-state index in [1.165, 1.54) is 35.1 Å². The molecule has 0 radical (unpaired) electrons. The lowest BCUT2D eigenvalue weighted by molar-refractivity contribution is -0.384. The number of aryl methyl sites for hydroxylation is 1. The predicted octanol–water partition coefficient (Wildman–Crippen LogP) is 3.08. The monoisotopic (exact) mass is 393 g/mol. The number of rotatable bonds is 7. The van der Waals surface area contributed by atoms with Crippen molar-refractivity contribution in [3.05, 3.63) is 67.1 Å². The van der Waals surface area contributed by atoms with Crippen molar-refractivity contribution >= 4 is 23.3 Å². The third-order valence-electron chi connectivity index (χ3n) is 4.30. The molecular formula is C18H20ClN3O5. The Morgan fingerprint density at radius 3 is 2.48 bits per heavy atom. The number of aromatic nitrogens is 2. The van der Waals surface area contributed by atoms with E-state index in [2.05, 4.69) is 5.10 Å². The van der Waals surface area contributed by atoms with Crippen molar-refractivity contribution in [2.75, 3.05) is 6.61 Å². The summed E-state index contributed by atoms with van der Waals surface area (Å²) in [6, 6.07) is 5.46. The molecule has 0 aliphatic heterocycles. The molecule has 27 heavy (non-hydrogen) atoms. The largest absolute Gasteiger partial charge is 0.465 e. The van der Waals surface area contributed by atoms with E-state index in [1.807, 2.05) is 6.92 Å². The zero-order chi connectivity index (χ0) is 20.2. The van der Waals surface area contributed by atoms with Gasteiger partial charge in [0.25, 0.3) is 11.2 Å². The lowest BCUT2D eigenvalue weighted by Crippen LogP contribution is -2.38. The molecule has 0 N–H and O–H groups in total. The highest BCUT2D eigenvalue weighted by Gasteiger charge is 2.42. The summed E-state index contributed by atoms with van der Waals surface area (Å²) < 4.78 is 6.43. The number of hydrogen-bond donors (Lipinski definition) is 0. The van der Waals surface area contributed by atoms with Gasteiger partial charge in [0.15, 0.2) is 0 Å². The number of benzene rings is 1. The Bertz CT molecular complexity index is 910. The van der Waals surface area contributed by atoms with Crippen LogP contribution < -0.4 is 5.56 Å². The van der Waals surface area contributed by atoms with E-state index in [4.69, 9.17) is 16.3 Å². The van der Waals surface area contributed by atoms with Gasteiger partial charge in [-0.3, -0.25) is 19.7 Å². The first kappa shape index (κ1) is 20.6. The molecule has 144 valence electrons. The number of nitro groups is 1. The van der Waals surface area contributed by atoms with Crippen molar-refractivity contribution in [2.45, 2.75) is 39.2 Å². The molecule has 0 aliphatic rings. The number of hydrogen-bond acceptors (Lipinski definition) is 6. The van der Waals surface area contributed by atoms with E-state index in [0.29, 0.717) is 18.5 Å². The van der Waals surface area contributed by atoms with Crippen molar-refractivity contribution in [1.82, 2.24) is 9.78 Å². The van der Waals surface area contributed by atoms with E-state index in [1.54, 1.807) is 13.8 Å². The molecule has 2 rings (SSSR count). The van der Waals surface area contributed by atoms with Crippen LogP contribution in [0.3, 0.4) is 0 Å². The molecule has 1 unspecified atom stereocenters. The summed E-state index contributed by atoms with van der Waals surface area (Å²) >= 11 is 6.31. The van der Waals surface area contributed by atoms with Crippen molar-refractivity contribution in [3.63, 3.8) is 0 Å². The van der Waals surface area contributed by atoms with Crippen LogP contribution in [-0.2, 0) is 21.5 Å². The van der Waals surface area contributed by atoms with Crippen LogP contribution in [0.15, 0.2) is 35.3 Å². The third-order valence-corrected chi connectivity index (χ3v) is 4.66. The van der Waals surface area contributed by atoms with E-state index in [-0.39, 0.29) is 22.9 Å². The van der Waals surface area contributed by atoms with Gasteiger partial charge in [-0.2, -0.15) is 5.10 Å². The highest BCUT2D eigenvalue weighted by molar-refractivity contribution is 6.31. The summed E-state index contributed by atoms with van der Waals surface area (Å²) in [6.45, 7) is 5.63. The standard InChI is InChI=1S/C18H20ClN3O5/c1-4-10-21-16(23)15(19)14(11-20-21)18(3,17(24)27-5-2)12-6-8-13(9-7-12)22(25)26/h6-9,11H,4-5,10H2,1-3H3. The van der Waals surface area contributed by atoms with Crippen LogP contribution in [-0.4, -0.2) is 27.3 Å². The molecule has 0 amide bonds. The number of nitrogens with zero attached hydrogens (tertiary/aromatic N) is 3. The molecule has 0 saturated carbocycles.